The van der Waals surface area contributed by atoms with E-state index in [0.717, 1.165) is 35.8 Å². The Kier molecular flexibility index (Phi) is 4.93. The van der Waals surface area contributed by atoms with Gasteiger partial charge < -0.3 is 14.2 Å². The van der Waals surface area contributed by atoms with Gasteiger partial charge in [0.15, 0.2) is 11.7 Å². The van der Waals surface area contributed by atoms with Crippen LogP contribution < -0.4 is 19.5 Å². The highest BCUT2D eigenvalue weighted by molar-refractivity contribution is 7.14. The van der Waals surface area contributed by atoms with E-state index in [2.05, 4.69) is 16.4 Å². The third-order valence-electron chi connectivity index (χ3n) is 4.17. The minimum absolute atomic E-state index is 0.0859. The van der Waals surface area contributed by atoms with Crippen LogP contribution in [0.4, 0.5) is 5.13 Å². The van der Waals surface area contributed by atoms with E-state index in [1.165, 1.54) is 16.9 Å². The minimum Gasteiger partial charge on any atom is -0.497 e. The topological polar surface area (TPSA) is 69.7 Å². The average Bonchev–Trinajstić information content (AvgIpc) is 3.35. The summed E-state index contributed by atoms with van der Waals surface area (Å²) in [7, 11) is 1.60. The standard InChI is InChI=1S/C20H18N2O4S/c1-24-15-3-5-16(6-4-15)26-11-19(23)22-20-21-17(12-27-20)13-2-7-18-14(10-13)8-9-25-18/h2-7,10,12H,8-9,11H2,1H3,(H,21,22,23). The van der Waals surface area contributed by atoms with Crippen LogP contribution in [-0.4, -0.2) is 31.2 Å². The number of aromatic nitrogens is 1. The lowest BCUT2D eigenvalue weighted by Gasteiger charge is -2.06. The van der Waals surface area contributed by atoms with E-state index in [-0.39, 0.29) is 12.5 Å². The van der Waals surface area contributed by atoms with Crippen molar-refractivity contribution < 1.29 is 19.0 Å². The number of rotatable bonds is 6. The average molecular weight is 382 g/mol. The van der Waals surface area contributed by atoms with Crippen LogP contribution >= 0.6 is 11.3 Å². The summed E-state index contributed by atoms with van der Waals surface area (Å²) in [6.45, 7) is 0.642. The highest BCUT2D eigenvalue weighted by Gasteiger charge is 2.14. The number of thiazole rings is 1. The molecule has 27 heavy (non-hydrogen) atoms. The Labute approximate surface area is 160 Å². The second-order valence-electron chi connectivity index (χ2n) is 5.97. The smallest absolute Gasteiger partial charge is 0.264 e. The first kappa shape index (κ1) is 17.4. The lowest BCUT2D eigenvalue weighted by atomic mass is 10.1. The molecule has 0 saturated heterocycles. The first-order chi connectivity index (χ1) is 13.2. The molecular weight excluding hydrogens is 364 g/mol. The van der Waals surface area contributed by atoms with Crippen molar-refractivity contribution in [3.63, 3.8) is 0 Å². The highest BCUT2D eigenvalue weighted by Crippen LogP contribution is 2.31. The van der Waals surface area contributed by atoms with Gasteiger partial charge >= 0.3 is 0 Å². The van der Waals surface area contributed by atoms with E-state index in [0.29, 0.717) is 10.9 Å². The fraction of sp³-hybridized carbons (Fsp3) is 0.200. The van der Waals surface area contributed by atoms with Crippen molar-refractivity contribution in [1.82, 2.24) is 4.98 Å². The quantitative estimate of drug-likeness (QED) is 0.703. The maximum Gasteiger partial charge on any atom is 0.264 e. The van der Waals surface area contributed by atoms with Gasteiger partial charge in [-0.3, -0.25) is 10.1 Å². The summed E-state index contributed by atoms with van der Waals surface area (Å²) in [6, 6.07) is 13.1. The largest absolute Gasteiger partial charge is 0.497 e. The fourth-order valence-electron chi connectivity index (χ4n) is 2.79. The molecule has 2 heterocycles. The van der Waals surface area contributed by atoms with Crippen molar-refractivity contribution in [2.75, 3.05) is 25.6 Å². The molecule has 1 aromatic heterocycles. The van der Waals surface area contributed by atoms with E-state index < -0.39 is 0 Å². The number of nitrogens with zero attached hydrogens (tertiary/aromatic N) is 1. The van der Waals surface area contributed by atoms with E-state index in [1.54, 1.807) is 31.4 Å². The predicted octanol–water partition coefficient (Wildman–Crippen LogP) is 3.77. The minimum atomic E-state index is -0.255. The fourth-order valence-corrected chi connectivity index (χ4v) is 3.52. The molecule has 0 saturated carbocycles. The maximum absolute atomic E-state index is 12.1. The number of amides is 1. The number of methoxy groups -OCH3 is 1. The third-order valence-corrected chi connectivity index (χ3v) is 4.92. The lowest BCUT2D eigenvalue weighted by molar-refractivity contribution is -0.118. The monoisotopic (exact) mass is 382 g/mol. The van der Waals surface area contributed by atoms with E-state index >= 15 is 0 Å². The van der Waals surface area contributed by atoms with Gasteiger partial charge in [-0.15, -0.1) is 11.3 Å². The SMILES string of the molecule is COc1ccc(OCC(=O)Nc2nc(-c3ccc4c(c3)CCO4)cs2)cc1. The van der Waals surface area contributed by atoms with Crippen LogP contribution in [-0.2, 0) is 11.2 Å². The molecule has 138 valence electrons. The molecule has 0 aliphatic carbocycles. The molecule has 2 aromatic carbocycles. The van der Waals surface area contributed by atoms with Gasteiger partial charge in [0.1, 0.15) is 17.2 Å². The zero-order valence-corrected chi connectivity index (χ0v) is 15.5. The number of hydrogen-bond acceptors (Lipinski definition) is 6. The molecule has 3 aromatic rings. The number of carbonyl (C=O) groups excluding carboxylic acids is 1. The van der Waals surface area contributed by atoms with Gasteiger partial charge in [-0.25, -0.2) is 4.98 Å². The summed E-state index contributed by atoms with van der Waals surface area (Å²) in [4.78, 5) is 16.6. The van der Waals surface area contributed by atoms with Gasteiger partial charge in [-0.05, 0) is 48.0 Å². The Hall–Kier alpha value is -3.06. The Morgan fingerprint density at radius 2 is 2.04 bits per heavy atom. The molecule has 0 radical (unpaired) electrons. The number of carbonyl (C=O) groups is 1. The highest BCUT2D eigenvalue weighted by atomic mass is 32.1. The Morgan fingerprint density at radius 1 is 1.22 bits per heavy atom. The number of ether oxygens (including phenoxy) is 3. The zero-order chi connectivity index (χ0) is 18.6. The maximum atomic E-state index is 12.1. The number of hydrogen-bond donors (Lipinski definition) is 1. The summed E-state index contributed by atoms with van der Waals surface area (Å²) in [5.74, 6) is 2.03. The lowest BCUT2D eigenvalue weighted by Crippen LogP contribution is -2.20. The van der Waals surface area contributed by atoms with Crippen LogP contribution in [0.2, 0.25) is 0 Å². The first-order valence-corrected chi connectivity index (χ1v) is 9.37. The Morgan fingerprint density at radius 3 is 2.85 bits per heavy atom. The zero-order valence-electron chi connectivity index (χ0n) is 14.7. The molecule has 6 nitrogen and oxygen atoms in total. The molecule has 1 aliphatic rings. The Bertz CT molecular complexity index is 953. The normalized spacial score (nSPS) is 12.2. The molecule has 0 spiro atoms. The summed E-state index contributed by atoms with van der Waals surface area (Å²) in [5, 5.41) is 5.25. The van der Waals surface area contributed by atoms with Crippen molar-refractivity contribution in [2.24, 2.45) is 0 Å². The van der Waals surface area contributed by atoms with Crippen LogP contribution in [0.3, 0.4) is 0 Å². The van der Waals surface area contributed by atoms with E-state index in [4.69, 9.17) is 14.2 Å². The predicted molar refractivity (Wildman–Crippen MR) is 104 cm³/mol. The second-order valence-corrected chi connectivity index (χ2v) is 6.83. The van der Waals surface area contributed by atoms with Crippen LogP contribution in [0.5, 0.6) is 17.2 Å². The van der Waals surface area contributed by atoms with Gasteiger partial charge in [0.05, 0.1) is 19.4 Å². The summed E-state index contributed by atoms with van der Waals surface area (Å²) >= 11 is 1.39. The number of anilines is 1. The second kappa shape index (κ2) is 7.67. The molecule has 4 rings (SSSR count). The van der Waals surface area contributed by atoms with Gasteiger partial charge in [0.25, 0.3) is 5.91 Å². The summed E-state index contributed by atoms with van der Waals surface area (Å²) < 4.78 is 16.1. The molecule has 0 atom stereocenters. The van der Waals surface area contributed by atoms with Crippen molar-refractivity contribution >= 4 is 22.4 Å². The first-order valence-electron chi connectivity index (χ1n) is 8.49. The molecule has 1 aliphatic heterocycles. The summed E-state index contributed by atoms with van der Waals surface area (Å²) in [6.07, 6.45) is 0.916. The van der Waals surface area contributed by atoms with Crippen LogP contribution in [0.1, 0.15) is 5.56 Å². The van der Waals surface area contributed by atoms with Crippen molar-refractivity contribution in [3.05, 3.63) is 53.4 Å². The molecule has 0 unspecified atom stereocenters. The molecule has 1 N–H and O–H groups in total. The molecule has 7 heteroatoms. The van der Waals surface area contributed by atoms with E-state index in [9.17, 15) is 4.79 Å². The molecule has 0 fully saturated rings. The van der Waals surface area contributed by atoms with Gasteiger partial charge in [0.2, 0.25) is 0 Å². The van der Waals surface area contributed by atoms with Crippen molar-refractivity contribution in [3.8, 4) is 28.5 Å². The van der Waals surface area contributed by atoms with Crippen LogP contribution in [0.15, 0.2) is 47.8 Å². The Balaban J connectivity index is 1.35. The van der Waals surface area contributed by atoms with Crippen molar-refractivity contribution in [1.29, 1.82) is 0 Å². The van der Waals surface area contributed by atoms with E-state index in [1.807, 2.05) is 17.5 Å². The van der Waals surface area contributed by atoms with Gasteiger partial charge in [0, 0.05) is 17.4 Å². The van der Waals surface area contributed by atoms with Gasteiger partial charge in [-0.2, -0.15) is 0 Å². The number of fused-ring (bicyclic) bond motifs is 1. The number of nitrogens with one attached hydrogen (secondary N) is 1. The summed E-state index contributed by atoms with van der Waals surface area (Å²) in [5.41, 5.74) is 3.05. The van der Waals surface area contributed by atoms with Crippen LogP contribution in [0.25, 0.3) is 11.3 Å². The number of benzene rings is 2. The molecule has 1 amide bonds. The van der Waals surface area contributed by atoms with Crippen molar-refractivity contribution in [2.45, 2.75) is 6.42 Å². The molecular formula is C20H18N2O4S. The molecule has 0 bridgehead atoms. The third kappa shape index (κ3) is 4.03. The van der Waals surface area contributed by atoms with Gasteiger partial charge in [-0.1, -0.05) is 0 Å². The van der Waals surface area contributed by atoms with Crippen LogP contribution in [0, 0.1) is 0 Å².